The van der Waals surface area contributed by atoms with Gasteiger partial charge in [-0.05, 0) is 86.2 Å². The summed E-state index contributed by atoms with van der Waals surface area (Å²) in [6, 6.07) is 18.6. The molecule has 5 aromatic carbocycles. The van der Waals surface area contributed by atoms with Gasteiger partial charge in [-0.2, -0.15) is 8.78 Å². The van der Waals surface area contributed by atoms with E-state index in [9.17, 15) is 14.4 Å². The molecule has 0 bridgehead atoms. The molecule has 0 atom stereocenters. The number of halogens is 4. The number of hydrogen-bond acceptors (Lipinski definition) is 9. The third-order valence-electron chi connectivity index (χ3n) is 10.2. The molecule has 1 fully saturated rings. The number of aryl methyl sites for hydroxylation is 1. The van der Waals surface area contributed by atoms with E-state index in [1.165, 1.54) is 55.5 Å². The second-order valence-electron chi connectivity index (χ2n) is 14.5. The molecule has 0 saturated carbocycles. The molecular weight excluding hydrogens is 772 g/mol. The fourth-order valence-corrected chi connectivity index (χ4v) is 6.68. The van der Waals surface area contributed by atoms with Crippen LogP contribution in [0, 0.1) is 24.0 Å². The van der Waals surface area contributed by atoms with E-state index in [0.717, 1.165) is 70.7 Å². The van der Waals surface area contributed by atoms with Crippen LogP contribution < -0.4 is 18.9 Å². The van der Waals surface area contributed by atoms with Crippen LogP contribution >= 0.6 is 0 Å². The Labute approximate surface area is 339 Å². The van der Waals surface area contributed by atoms with Crippen molar-refractivity contribution in [2.24, 2.45) is 5.41 Å². The number of esters is 2. The minimum absolute atomic E-state index is 0.00653. The average molecular weight is 817 g/mol. The molecule has 59 heavy (non-hydrogen) atoms. The first kappa shape index (κ1) is 42.8. The van der Waals surface area contributed by atoms with Crippen molar-refractivity contribution < 1.29 is 60.4 Å². The fraction of sp³-hybridized carbons (Fsp3) is 0.326. The van der Waals surface area contributed by atoms with Crippen molar-refractivity contribution in [3.05, 3.63) is 119 Å². The van der Waals surface area contributed by atoms with Crippen molar-refractivity contribution >= 4 is 29.0 Å². The minimum atomic E-state index is -4.43. The second-order valence-corrected chi connectivity index (χ2v) is 14.5. The van der Waals surface area contributed by atoms with Crippen molar-refractivity contribution in [1.82, 2.24) is 0 Å². The first-order valence-electron chi connectivity index (χ1n) is 19.3. The highest BCUT2D eigenvalue weighted by Gasteiger charge is 2.40. The number of aldehydes is 1. The lowest BCUT2D eigenvalue weighted by Crippen LogP contribution is -2.45. The zero-order valence-electron chi connectivity index (χ0n) is 32.9. The molecule has 1 heterocycles. The predicted octanol–water partition coefficient (Wildman–Crippen LogP) is 10.6. The van der Waals surface area contributed by atoms with E-state index in [0.29, 0.717) is 30.3 Å². The maximum absolute atomic E-state index is 15.7. The number of alkyl halides is 2. The lowest BCUT2D eigenvalue weighted by molar-refractivity contribution is -0.187. The van der Waals surface area contributed by atoms with Gasteiger partial charge in [-0.25, -0.2) is 13.6 Å². The third-order valence-corrected chi connectivity index (χ3v) is 10.2. The van der Waals surface area contributed by atoms with Crippen LogP contribution in [0.15, 0.2) is 84.9 Å². The summed E-state index contributed by atoms with van der Waals surface area (Å²) in [6.45, 7) is 8.63. The highest BCUT2D eigenvalue weighted by atomic mass is 19.3. The van der Waals surface area contributed by atoms with E-state index in [1.54, 1.807) is 25.1 Å². The van der Waals surface area contributed by atoms with Crippen molar-refractivity contribution in [2.75, 3.05) is 33.0 Å². The summed E-state index contributed by atoms with van der Waals surface area (Å²) in [5, 5.41) is 0.0866. The van der Waals surface area contributed by atoms with Gasteiger partial charge < -0.3 is 28.4 Å². The molecule has 0 spiro atoms. The summed E-state index contributed by atoms with van der Waals surface area (Å²) >= 11 is 0. The molecule has 0 radical (unpaired) electrons. The van der Waals surface area contributed by atoms with Gasteiger partial charge in [0.25, 0.3) is 0 Å². The lowest BCUT2D eigenvalue weighted by atomic mass is 9.84. The predicted molar refractivity (Wildman–Crippen MR) is 211 cm³/mol. The van der Waals surface area contributed by atoms with Gasteiger partial charge >= 0.3 is 18.0 Å². The molecule has 310 valence electrons. The molecule has 0 amide bonds. The number of unbranched alkanes of at least 4 members (excludes halogenated alkanes) is 3. The van der Waals surface area contributed by atoms with Crippen LogP contribution in [0.4, 0.5) is 17.6 Å². The van der Waals surface area contributed by atoms with Crippen molar-refractivity contribution in [2.45, 2.75) is 59.0 Å². The Kier molecular flexibility index (Phi) is 13.7. The third kappa shape index (κ3) is 10.1. The Balaban J connectivity index is 1.10. The van der Waals surface area contributed by atoms with Crippen molar-refractivity contribution in [3.63, 3.8) is 0 Å². The van der Waals surface area contributed by atoms with Gasteiger partial charge in [-0.15, -0.1) is 0 Å². The van der Waals surface area contributed by atoms with Crippen LogP contribution in [0.25, 0.3) is 21.9 Å². The van der Waals surface area contributed by atoms with Gasteiger partial charge in [0.15, 0.2) is 17.9 Å². The summed E-state index contributed by atoms with van der Waals surface area (Å²) in [7, 11) is 0. The van der Waals surface area contributed by atoms with Crippen molar-refractivity contribution in [1.29, 1.82) is 0 Å². The standard InChI is InChI=1S/C46H44F4O9/c1-4-45(27-55-28-45)26-54-21-9-5-6-10-22-56-39-20-15-32(23-29(39)2)44(53)58-43-33(25-51)24-40(36-11-7-8-12-37(36)43)59-46(49,50)38-19-18-35(41(47)42(38)48)31-13-16-34(17-14-31)57-30(3)52/h7-8,11-20,23-25H,4-6,9-10,21-22,26-28H2,1-3H3. The van der Waals surface area contributed by atoms with Gasteiger partial charge in [0.2, 0.25) is 0 Å². The number of fused-ring (bicyclic) bond motifs is 1. The Morgan fingerprint density at radius 2 is 1.54 bits per heavy atom. The van der Waals surface area contributed by atoms with E-state index in [-0.39, 0.29) is 49.9 Å². The number of carbonyl (C=O) groups excluding carboxylic acids is 3. The average Bonchev–Trinajstić information content (AvgIpc) is 3.20. The largest absolute Gasteiger partial charge is 0.493 e. The van der Waals surface area contributed by atoms with Crippen LogP contribution in [0.2, 0.25) is 0 Å². The molecule has 1 aliphatic rings. The van der Waals surface area contributed by atoms with Crippen LogP contribution in [0.5, 0.6) is 23.0 Å². The molecule has 0 N–H and O–H groups in total. The van der Waals surface area contributed by atoms with Crippen LogP contribution in [0.3, 0.4) is 0 Å². The van der Waals surface area contributed by atoms with Gasteiger partial charge in [-0.3, -0.25) is 9.59 Å². The highest BCUT2D eigenvalue weighted by Crippen LogP contribution is 2.42. The summed E-state index contributed by atoms with van der Waals surface area (Å²) < 4.78 is 94.9. The Hall–Kier alpha value is -5.79. The van der Waals surface area contributed by atoms with Gasteiger partial charge in [-0.1, -0.05) is 55.8 Å². The van der Waals surface area contributed by atoms with E-state index in [2.05, 4.69) is 6.92 Å². The Bertz CT molecular complexity index is 2300. The minimum Gasteiger partial charge on any atom is -0.493 e. The lowest BCUT2D eigenvalue weighted by Gasteiger charge is -2.40. The number of ether oxygens (including phenoxy) is 6. The number of carbonyl (C=O) groups is 3. The maximum Gasteiger partial charge on any atom is 0.429 e. The zero-order valence-corrected chi connectivity index (χ0v) is 32.9. The second kappa shape index (κ2) is 18.9. The van der Waals surface area contributed by atoms with E-state index in [1.807, 2.05) is 0 Å². The van der Waals surface area contributed by atoms with E-state index < -0.39 is 41.0 Å². The van der Waals surface area contributed by atoms with Crippen LogP contribution in [0.1, 0.15) is 77.8 Å². The number of rotatable bonds is 19. The molecule has 5 aromatic rings. The van der Waals surface area contributed by atoms with Gasteiger partial charge in [0.05, 0.1) is 37.6 Å². The van der Waals surface area contributed by atoms with E-state index >= 15 is 17.6 Å². The first-order chi connectivity index (χ1) is 28.3. The van der Waals surface area contributed by atoms with Gasteiger partial charge in [0.1, 0.15) is 28.6 Å². The van der Waals surface area contributed by atoms with Crippen LogP contribution in [-0.4, -0.2) is 51.3 Å². The molecule has 1 saturated heterocycles. The summed E-state index contributed by atoms with van der Waals surface area (Å²) in [4.78, 5) is 36.9. The number of hydrogen-bond donors (Lipinski definition) is 0. The monoisotopic (exact) mass is 816 g/mol. The smallest absolute Gasteiger partial charge is 0.429 e. The molecule has 1 aliphatic heterocycles. The molecule has 0 unspecified atom stereocenters. The topological polar surface area (TPSA) is 107 Å². The van der Waals surface area contributed by atoms with Crippen LogP contribution in [-0.2, 0) is 20.4 Å². The summed E-state index contributed by atoms with van der Waals surface area (Å²) in [5.74, 6) is -4.81. The summed E-state index contributed by atoms with van der Waals surface area (Å²) in [5.41, 5.74) is -0.863. The fourth-order valence-electron chi connectivity index (χ4n) is 6.68. The molecular formula is C46H44F4O9. The highest BCUT2D eigenvalue weighted by molar-refractivity contribution is 6.03. The molecule has 0 aliphatic carbocycles. The zero-order chi connectivity index (χ0) is 42.2. The van der Waals surface area contributed by atoms with Crippen molar-refractivity contribution in [3.8, 4) is 34.1 Å². The molecule has 9 nitrogen and oxygen atoms in total. The maximum atomic E-state index is 15.7. The summed E-state index contributed by atoms with van der Waals surface area (Å²) in [6.07, 6.45) is 0.736. The Morgan fingerprint density at radius 3 is 2.19 bits per heavy atom. The molecule has 0 aromatic heterocycles. The SMILES string of the molecule is CCC1(COCCCCCCOc2ccc(C(=O)Oc3c(C=O)cc(OC(F)(F)c4ccc(-c5ccc(OC(C)=O)cc5)c(F)c4F)c4ccccc34)cc2C)COC1. The van der Waals surface area contributed by atoms with E-state index in [4.69, 9.17) is 28.4 Å². The van der Waals surface area contributed by atoms with Gasteiger partial charge in [0, 0.05) is 35.3 Å². The normalized spacial score (nSPS) is 13.4. The first-order valence-corrected chi connectivity index (χ1v) is 19.3. The Morgan fingerprint density at radius 1 is 0.831 bits per heavy atom. The number of benzene rings is 5. The molecule has 13 heteroatoms. The molecule has 6 rings (SSSR count). The quantitative estimate of drug-likeness (QED) is 0.0265.